The maximum Gasteiger partial charge on any atom is 0.117 e. The number of fused-ring (bicyclic) bond motifs is 1. The number of allylic oxidation sites excluding steroid dienone is 1. The molecule has 0 spiro atoms. The number of aromatic amines is 1. The van der Waals surface area contributed by atoms with Crippen LogP contribution in [0.25, 0.3) is 6.08 Å². The number of nitrogens with zero attached hydrogens (tertiary/aromatic N) is 3. The summed E-state index contributed by atoms with van der Waals surface area (Å²) in [5, 5.41) is 21.0. The van der Waals surface area contributed by atoms with Gasteiger partial charge < -0.3 is 5.21 Å². The highest BCUT2D eigenvalue weighted by atomic mass is 16.4. The van der Waals surface area contributed by atoms with E-state index in [9.17, 15) is 5.21 Å². The molecule has 0 amide bonds. The van der Waals surface area contributed by atoms with Crippen molar-refractivity contribution in [3.8, 4) is 0 Å². The van der Waals surface area contributed by atoms with Crippen LogP contribution in [0, 0.1) is 5.92 Å². The zero-order valence-corrected chi connectivity index (χ0v) is 15.5. The van der Waals surface area contributed by atoms with Gasteiger partial charge >= 0.3 is 0 Å². The highest BCUT2D eigenvalue weighted by molar-refractivity contribution is 6.03. The van der Waals surface area contributed by atoms with Gasteiger partial charge in [0.05, 0.1) is 0 Å². The van der Waals surface area contributed by atoms with E-state index in [1.807, 2.05) is 18.5 Å². The smallest absolute Gasteiger partial charge is 0.117 e. The minimum atomic E-state index is -0.284. The van der Waals surface area contributed by atoms with Crippen molar-refractivity contribution >= 4 is 11.8 Å². The zero-order chi connectivity index (χ0) is 19.0. The zero-order valence-electron chi connectivity index (χ0n) is 15.5. The van der Waals surface area contributed by atoms with Gasteiger partial charge in [0.2, 0.25) is 0 Å². The SMILES string of the molecule is ON=C(c1n[nH]c2c1C=CC(c1ccccc1)(c1ccncc1)C2)C1CCC1. The van der Waals surface area contributed by atoms with Gasteiger partial charge in [0.25, 0.3) is 0 Å². The molecule has 0 saturated heterocycles. The quantitative estimate of drug-likeness (QED) is 0.408. The highest BCUT2D eigenvalue weighted by Gasteiger charge is 2.38. The van der Waals surface area contributed by atoms with E-state index in [0.29, 0.717) is 11.6 Å². The van der Waals surface area contributed by atoms with Crippen LogP contribution in [0.15, 0.2) is 66.1 Å². The normalized spacial score (nSPS) is 21.9. The van der Waals surface area contributed by atoms with Crippen LogP contribution in [-0.4, -0.2) is 26.1 Å². The highest BCUT2D eigenvalue weighted by Crippen LogP contribution is 2.42. The third-order valence-electron chi connectivity index (χ3n) is 6.20. The molecule has 0 radical (unpaired) electrons. The van der Waals surface area contributed by atoms with Crippen LogP contribution in [0.3, 0.4) is 0 Å². The third-order valence-corrected chi connectivity index (χ3v) is 6.20. The fraction of sp³-hybridized carbons (Fsp3) is 0.261. The van der Waals surface area contributed by atoms with E-state index in [4.69, 9.17) is 0 Å². The number of benzene rings is 1. The summed E-state index contributed by atoms with van der Waals surface area (Å²) in [5.41, 5.74) is 5.75. The lowest BCUT2D eigenvalue weighted by atomic mass is 9.68. The van der Waals surface area contributed by atoms with Crippen LogP contribution in [0.1, 0.15) is 47.3 Å². The van der Waals surface area contributed by atoms with Crippen LogP contribution >= 0.6 is 0 Å². The summed E-state index contributed by atoms with van der Waals surface area (Å²) >= 11 is 0. The number of nitrogens with one attached hydrogen (secondary N) is 1. The lowest BCUT2D eigenvalue weighted by molar-refractivity contribution is 0.305. The van der Waals surface area contributed by atoms with E-state index in [1.54, 1.807) is 0 Å². The molecule has 2 aromatic heterocycles. The Hall–Kier alpha value is -3.21. The molecule has 5 heteroatoms. The van der Waals surface area contributed by atoms with E-state index in [0.717, 1.165) is 36.2 Å². The summed E-state index contributed by atoms with van der Waals surface area (Å²) in [6.07, 6.45) is 12.2. The molecule has 5 rings (SSSR count). The van der Waals surface area contributed by atoms with Gasteiger partial charge in [-0.05, 0) is 36.1 Å². The molecule has 2 N–H and O–H groups in total. The van der Waals surface area contributed by atoms with Crippen LogP contribution in [-0.2, 0) is 11.8 Å². The molecule has 2 heterocycles. The Morgan fingerprint density at radius 1 is 1.07 bits per heavy atom. The Morgan fingerprint density at radius 3 is 2.50 bits per heavy atom. The van der Waals surface area contributed by atoms with Crippen molar-refractivity contribution in [2.45, 2.75) is 31.1 Å². The van der Waals surface area contributed by atoms with Crippen LogP contribution in [0.2, 0.25) is 0 Å². The number of pyridine rings is 1. The van der Waals surface area contributed by atoms with Crippen molar-refractivity contribution in [3.63, 3.8) is 0 Å². The largest absolute Gasteiger partial charge is 0.411 e. The van der Waals surface area contributed by atoms with Gasteiger partial charge in [-0.3, -0.25) is 10.1 Å². The number of hydrogen-bond donors (Lipinski definition) is 2. The molecule has 28 heavy (non-hydrogen) atoms. The maximum atomic E-state index is 9.60. The van der Waals surface area contributed by atoms with Crippen molar-refractivity contribution in [3.05, 3.63) is 89.0 Å². The average Bonchev–Trinajstić information content (AvgIpc) is 3.14. The van der Waals surface area contributed by atoms with Gasteiger partial charge in [-0.15, -0.1) is 0 Å². The van der Waals surface area contributed by atoms with E-state index < -0.39 is 0 Å². The summed E-state index contributed by atoms with van der Waals surface area (Å²) in [6.45, 7) is 0. The second-order valence-corrected chi connectivity index (χ2v) is 7.66. The molecule has 1 aromatic carbocycles. The van der Waals surface area contributed by atoms with Crippen molar-refractivity contribution in [2.24, 2.45) is 11.1 Å². The van der Waals surface area contributed by atoms with Gasteiger partial charge in [0.1, 0.15) is 11.4 Å². The molecule has 1 fully saturated rings. The molecule has 0 aliphatic heterocycles. The first-order valence-corrected chi connectivity index (χ1v) is 9.76. The summed E-state index contributed by atoms with van der Waals surface area (Å²) < 4.78 is 0. The molecule has 1 unspecified atom stereocenters. The summed E-state index contributed by atoms with van der Waals surface area (Å²) in [6, 6.07) is 14.7. The lowest BCUT2D eigenvalue weighted by Gasteiger charge is -2.34. The Morgan fingerprint density at radius 2 is 1.82 bits per heavy atom. The number of hydrogen-bond acceptors (Lipinski definition) is 4. The van der Waals surface area contributed by atoms with E-state index in [2.05, 4.69) is 68.9 Å². The van der Waals surface area contributed by atoms with Gasteiger partial charge in [0.15, 0.2) is 0 Å². The van der Waals surface area contributed by atoms with Crippen molar-refractivity contribution in [1.29, 1.82) is 0 Å². The Labute approximate surface area is 163 Å². The van der Waals surface area contributed by atoms with Crippen molar-refractivity contribution in [2.75, 3.05) is 0 Å². The van der Waals surface area contributed by atoms with Crippen molar-refractivity contribution < 1.29 is 5.21 Å². The first kappa shape index (κ1) is 16.9. The molecule has 2 aliphatic rings. The Bertz CT molecular complexity index is 993. The van der Waals surface area contributed by atoms with Crippen molar-refractivity contribution in [1.82, 2.24) is 15.2 Å². The molecule has 1 atom stereocenters. The van der Waals surface area contributed by atoms with Crippen LogP contribution in [0.5, 0.6) is 0 Å². The number of oxime groups is 1. The topological polar surface area (TPSA) is 74.2 Å². The van der Waals surface area contributed by atoms with Crippen LogP contribution < -0.4 is 0 Å². The van der Waals surface area contributed by atoms with Gasteiger partial charge in [-0.25, -0.2) is 0 Å². The second kappa shape index (κ2) is 6.75. The fourth-order valence-corrected chi connectivity index (χ4v) is 4.41. The fourth-order valence-electron chi connectivity index (χ4n) is 4.41. The molecule has 140 valence electrons. The molecular weight excluding hydrogens is 348 g/mol. The average molecular weight is 370 g/mol. The van der Waals surface area contributed by atoms with Crippen LogP contribution in [0.4, 0.5) is 0 Å². The van der Waals surface area contributed by atoms with E-state index in [1.165, 1.54) is 17.5 Å². The van der Waals surface area contributed by atoms with E-state index >= 15 is 0 Å². The lowest BCUT2D eigenvalue weighted by Crippen LogP contribution is -2.31. The first-order chi connectivity index (χ1) is 13.8. The van der Waals surface area contributed by atoms with Gasteiger partial charge in [0, 0.05) is 41.4 Å². The second-order valence-electron chi connectivity index (χ2n) is 7.66. The summed E-state index contributed by atoms with van der Waals surface area (Å²) in [7, 11) is 0. The molecule has 5 nitrogen and oxygen atoms in total. The molecule has 2 aliphatic carbocycles. The number of H-pyrrole nitrogens is 1. The molecule has 1 saturated carbocycles. The van der Waals surface area contributed by atoms with E-state index in [-0.39, 0.29) is 5.41 Å². The monoisotopic (exact) mass is 370 g/mol. The first-order valence-electron chi connectivity index (χ1n) is 9.76. The van der Waals surface area contributed by atoms with Gasteiger partial charge in [-0.2, -0.15) is 5.10 Å². The predicted molar refractivity (Wildman–Crippen MR) is 108 cm³/mol. The Balaban J connectivity index is 1.61. The standard InChI is InChI=1S/C23H22N4O/c28-27-21(16-5-4-6-16)22-19-9-12-23(15-20(19)25-26-22,17-7-2-1-3-8-17)18-10-13-24-14-11-18/h1-3,7-14,16,28H,4-6,15H2,(H,25,26). The maximum absolute atomic E-state index is 9.60. The van der Waals surface area contributed by atoms with Gasteiger partial charge in [-0.1, -0.05) is 54.1 Å². The molecular formula is C23H22N4O. The predicted octanol–water partition coefficient (Wildman–Crippen LogP) is 4.34. The number of aromatic nitrogens is 3. The molecule has 0 bridgehead atoms. The Kier molecular flexibility index (Phi) is 4.08. The molecule has 3 aromatic rings. The minimum Gasteiger partial charge on any atom is -0.411 e. The third kappa shape index (κ3) is 2.58. The minimum absolute atomic E-state index is 0.284. The summed E-state index contributed by atoms with van der Waals surface area (Å²) in [4.78, 5) is 4.20. The summed E-state index contributed by atoms with van der Waals surface area (Å²) in [5.74, 6) is 0.312. The number of rotatable bonds is 4.